The molecule has 0 aliphatic rings. The largest absolute Gasteiger partial charge is 0.417 e. The second-order valence-electron chi connectivity index (χ2n) is 5.70. The van der Waals surface area contributed by atoms with E-state index in [0.717, 1.165) is 0 Å². The summed E-state index contributed by atoms with van der Waals surface area (Å²) in [6.45, 7) is 0. The van der Waals surface area contributed by atoms with Crippen molar-refractivity contribution in [3.05, 3.63) is 94.6 Å². The second kappa shape index (κ2) is 7.82. The number of hydrogen-bond acceptors (Lipinski definition) is 3. The Bertz CT molecular complexity index is 957. The molecule has 0 aliphatic heterocycles. The molecule has 0 N–H and O–H groups in total. The third-order valence-electron chi connectivity index (χ3n) is 3.81. The number of rotatable bonds is 3. The van der Waals surface area contributed by atoms with E-state index in [1.807, 2.05) is 0 Å². The Hall–Kier alpha value is -3.19. The van der Waals surface area contributed by atoms with Crippen LogP contribution in [0, 0.1) is 0 Å². The smallest absolute Gasteiger partial charge is 0.268 e. The van der Waals surface area contributed by atoms with Crippen LogP contribution < -0.4 is 4.90 Å². The van der Waals surface area contributed by atoms with E-state index < -0.39 is 28.6 Å². The molecular formula is C20H12ClF3N2O2. The number of carbonyl (C=O) groups is 2. The van der Waals surface area contributed by atoms with Crippen LogP contribution in [0.3, 0.4) is 0 Å². The van der Waals surface area contributed by atoms with Crippen LogP contribution in [0.25, 0.3) is 0 Å². The lowest BCUT2D eigenvalue weighted by Crippen LogP contribution is -2.38. The summed E-state index contributed by atoms with van der Waals surface area (Å²) in [6, 6.07) is 16.3. The Morgan fingerprint density at radius 1 is 0.857 bits per heavy atom. The predicted octanol–water partition coefficient (Wildman–Crippen LogP) is 5.24. The zero-order valence-electron chi connectivity index (χ0n) is 14.2. The van der Waals surface area contributed by atoms with Crippen molar-refractivity contribution < 1.29 is 22.8 Å². The van der Waals surface area contributed by atoms with Gasteiger partial charge in [0.1, 0.15) is 0 Å². The van der Waals surface area contributed by atoms with Crippen molar-refractivity contribution in [3.63, 3.8) is 0 Å². The fraction of sp³-hybridized carbons (Fsp3) is 0.0500. The summed E-state index contributed by atoms with van der Waals surface area (Å²) in [7, 11) is 0. The standard InChI is InChI=1S/C20H12ClF3N2O2/c21-16-11-15(20(22,23)24)12-25-17(16)26(18(27)13-7-3-1-4-8-13)19(28)14-9-5-2-6-10-14/h1-12H. The normalized spacial score (nSPS) is 11.1. The first-order chi connectivity index (χ1) is 13.3. The number of aromatic nitrogens is 1. The van der Waals surface area contributed by atoms with E-state index >= 15 is 0 Å². The van der Waals surface area contributed by atoms with E-state index in [4.69, 9.17) is 11.6 Å². The van der Waals surface area contributed by atoms with Gasteiger partial charge in [0.25, 0.3) is 11.8 Å². The number of nitrogens with zero attached hydrogens (tertiary/aromatic N) is 2. The van der Waals surface area contributed by atoms with Gasteiger partial charge in [-0.1, -0.05) is 48.0 Å². The van der Waals surface area contributed by atoms with Gasteiger partial charge in [0, 0.05) is 17.3 Å². The van der Waals surface area contributed by atoms with Gasteiger partial charge in [-0.3, -0.25) is 9.59 Å². The minimum Gasteiger partial charge on any atom is -0.268 e. The average molecular weight is 405 g/mol. The van der Waals surface area contributed by atoms with E-state index in [-0.39, 0.29) is 16.9 Å². The molecule has 4 nitrogen and oxygen atoms in total. The van der Waals surface area contributed by atoms with Crippen LogP contribution in [0.1, 0.15) is 26.3 Å². The molecule has 0 spiro atoms. The van der Waals surface area contributed by atoms with Crippen molar-refractivity contribution in [2.75, 3.05) is 4.90 Å². The second-order valence-corrected chi connectivity index (χ2v) is 6.11. The molecule has 0 aliphatic carbocycles. The average Bonchev–Trinajstić information content (AvgIpc) is 2.69. The summed E-state index contributed by atoms with van der Waals surface area (Å²) in [6.07, 6.45) is -4.13. The summed E-state index contributed by atoms with van der Waals surface area (Å²) in [5.74, 6) is -1.90. The van der Waals surface area contributed by atoms with Crippen LogP contribution in [-0.2, 0) is 6.18 Å². The highest BCUT2D eigenvalue weighted by molar-refractivity contribution is 6.36. The van der Waals surface area contributed by atoms with E-state index in [9.17, 15) is 22.8 Å². The summed E-state index contributed by atoms with van der Waals surface area (Å²) in [5.41, 5.74) is -0.769. The van der Waals surface area contributed by atoms with Crippen LogP contribution in [0.15, 0.2) is 72.9 Å². The van der Waals surface area contributed by atoms with Crippen LogP contribution in [0.5, 0.6) is 0 Å². The minimum absolute atomic E-state index is 0.157. The number of halogens is 4. The molecule has 0 radical (unpaired) electrons. The van der Waals surface area contributed by atoms with E-state index in [1.165, 1.54) is 24.3 Å². The van der Waals surface area contributed by atoms with Gasteiger partial charge in [-0.15, -0.1) is 0 Å². The molecule has 3 rings (SSSR count). The highest BCUT2D eigenvalue weighted by Gasteiger charge is 2.34. The molecule has 28 heavy (non-hydrogen) atoms. The SMILES string of the molecule is O=C(c1ccccc1)N(C(=O)c1ccccc1)c1ncc(C(F)(F)F)cc1Cl. The number of hydrogen-bond donors (Lipinski definition) is 0. The molecule has 2 amide bonds. The molecule has 0 saturated heterocycles. The Morgan fingerprint density at radius 3 is 1.71 bits per heavy atom. The molecule has 0 saturated carbocycles. The summed E-state index contributed by atoms with van der Waals surface area (Å²) in [4.78, 5) is 30.3. The Balaban J connectivity index is 2.12. The number of alkyl halides is 3. The van der Waals surface area contributed by atoms with Gasteiger partial charge in [-0.05, 0) is 30.3 Å². The van der Waals surface area contributed by atoms with E-state index in [2.05, 4.69) is 4.98 Å². The van der Waals surface area contributed by atoms with Gasteiger partial charge in [0.15, 0.2) is 5.82 Å². The highest BCUT2D eigenvalue weighted by atomic mass is 35.5. The molecule has 1 heterocycles. The van der Waals surface area contributed by atoms with E-state index in [1.54, 1.807) is 36.4 Å². The van der Waals surface area contributed by atoms with Crippen LogP contribution >= 0.6 is 11.6 Å². The Kier molecular flexibility index (Phi) is 5.46. The Labute approximate surface area is 163 Å². The van der Waals surface area contributed by atoms with Gasteiger partial charge < -0.3 is 0 Å². The maximum atomic E-state index is 13.0. The molecule has 8 heteroatoms. The first-order valence-corrected chi connectivity index (χ1v) is 8.38. The van der Waals surface area contributed by atoms with Crippen LogP contribution in [0.2, 0.25) is 5.02 Å². The van der Waals surface area contributed by atoms with Gasteiger partial charge >= 0.3 is 6.18 Å². The third kappa shape index (κ3) is 4.04. The van der Waals surface area contributed by atoms with Crippen molar-refractivity contribution in [3.8, 4) is 0 Å². The quantitative estimate of drug-likeness (QED) is 0.561. The van der Waals surface area contributed by atoms with Crippen molar-refractivity contribution in [1.82, 2.24) is 4.98 Å². The number of amides is 2. The maximum Gasteiger partial charge on any atom is 0.417 e. The maximum absolute atomic E-state index is 13.0. The van der Waals surface area contributed by atoms with E-state index in [0.29, 0.717) is 17.2 Å². The van der Waals surface area contributed by atoms with Gasteiger partial charge in [-0.25, -0.2) is 9.88 Å². The first kappa shape index (κ1) is 19.6. The van der Waals surface area contributed by atoms with Gasteiger partial charge in [0.05, 0.1) is 10.6 Å². The summed E-state index contributed by atoms with van der Waals surface area (Å²) in [5, 5.41) is -0.469. The number of pyridine rings is 1. The number of anilines is 1. The highest BCUT2D eigenvalue weighted by Crippen LogP contribution is 2.34. The van der Waals surface area contributed by atoms with Crippen molar-refractivity contribution in [1.29, 1.82) is 0 Å². The topological polar surface area (TPSA) is 50.3 Å². The summed E-state index contributed by atoms with van der Waals surface area (Å²) >= 11 is 5.98. The van der Waals surface area contributed by atoms with Gasteiger partial charge in [0.2, 0.25) is 0 Å². The zero-order valence-corrected chi connectivity index (χ0v) is 14.9. The van der Waals surface area contributed by atoms with Crippen LogP contribution in [0.4, 0.5) is 19.0 Å². The lowest BCUT2D eigenvalue weighted by atomic mass is 10.1. The zero-order chi connectivity index (χ0) is 20.3. The Morgan fingerprint density at radius 2 is 1.32 bits per heavy atom. The van der Waals surface area contributed by atoms with Crippen LogP contribution in [-0.4, -0.2) is 16.8 Å². The predicted molar refractivity (Wildman–Crippen MR) is 98.3 cm³/mol. The first-order valence-electron chi connectivity index (χ1n) is 8.00. The molecule has 3 aromatic rings. The van der Waals surface area contributed by atoms with Crippen molar-refractivity contribution in [2.45, 2.75) is 6.18 Å². The third-order valence-corrected chi connectivity index (χ3v) is 4.09. The minimum atomic E-state index is -4.66. The lowest BCUT2D eigenvalue weighted by Gasteiger charge is -2.22. The number of carbonyl (C=O) groups excluding carboxylic acids is 2. The molecule has 2 aromatic carbocycles. The molecule has 0 bridgehead atoms. The van der Waals surface area contributed by atoms with Crippen molar-refractivity contribution in [2.24, 2.45) is 0 Å². The lowest BCUT2D eigenvalue weighted by molar-refractivity contribution is -0.137. The molecule has 1 aromatic heterocycles. The number of benzene rings is 2. The molecule has 142 valence electrons. The molecule has 0 atom stereocenters. The summed E-state index contributed by atoms with van der Waals surface area (Å²) < 4.78 is 38.7. The van der Waals surface area contributed by atoms with Crippen molar-refractivity contribution >= 4 is 29.2 Å². The van der Waals surface area contributed by atoms with Gasteiger partial charge in [-0.2, -0.15) is 13.2 Å². The monoisotopic (exact) mass is 404 g/mol. The fourth-order valence-electron chi connectivity index (χ4n) is 2.45. The molecule has 0 fully saturated rings. The molecular weight excluding hydrogens is 393 g/mol. The number of imide groups is 1. The fourth-order valence-corrected chi connectivity index (χ4v) is 2.71. The molecule has 0 unspecified atom stereocenters.